The SMILES string of the molecule is CCOc1ccc(C(=O)NNC(=O)c2ccc(OCCOc3ccccc3)c(OCC)c2)cc1OC. The lowest BCUT2D eigenvalue weighted by atomic mass is 10.2. The molecule has 0 aliphatic carbocycles. The molecule has 0 atom stereocenters. The molecule has 9 nitrogen and oxygen atoms in total. The van der Waals surface area contributed by atoms with Gasteiger partial charge in [0.15, 0.2) is 23.0 Å². The van der Waals surface area contributed by atoms with E-state index in [0.717, 1.165) is 5.75 Å². The van der Waals surface area contributed by atoms with E-state index in [1.807, 2.05) is 44.2 Å². The molecule has 0 saturated heterocycles. The summed E-state index contributed by atoms with van der Waals surface area (Å²) in [4.78, 5) is 25.2. The first-order valence-electron chi connectivity index (χ1n) is 11.5. The summed E-state index contributed by atoms with van der Waals surface area (Å²) in [6, 6.07) is 19.0. The van der Waals surface area contributed by atoms with Crippen LogP contribution in [0.1, 0.15) is 34.6 Å². The molecule has 0 radical (unpaired) electrons. The first-order valence-corrected chi connectivity index (χ1v) is 11.5. The maximum atomic E-state index is 12.6. The molecule has 0 bridgehead atoms. The average Bonchev–Trinajstić information content (AvgIpc) is 2.91. The van der Waals surface area contributed by atoms with Crippen LogP contribution in [0.5, 0.6) is 28.7 Å². The normalized spacial score (nSPS) is 10.2. The van der Waals surface area contributed by atoms with Gasteiger partial charge < -0.3 is 23.7 Å². The number of carbonyl (C=O) groups is 2. The third kappa shape index (κ3) is 7.30. The van der Waals surface area contributed by atoms with Crippen molar-refractivity contribution in [2.24, 2.45) is 0 Å². The zero-order valence-electron chi connectivity index (χ0n) is 20.5. The molecule has 2 N–H and O–H groups in total. The van der Waals surface area contributed by atoms with Crippen molar-refractivity contribution in [3.05, 3.63) is 77.9 Å². The Morgan fingerprint density at radius 2 is 1.17 bits per heavy atom. The van der Waals surface area contributed by atoms with Crippen LogP contribution in [-0.2, 0) is 0 Å². The fraction of sp³-hybridized carbons (Fsp3) is 0.259. The molecule has 0 spiro atoms. The van der Waals surface area contributed by atoms with Crippen LogP contribution in [0.25, 0.3) is 0 Å². The van der Waals surface area contributed by atoms with Crippen LogP contribution in [-0.4, -0.2) is 45.4 Å². The van der Waals surface area contributed by atoms with Crippen molar-refractivity contribution in [1.29, 1.82) is 0 Å². The molecule has 0 aliphatic rings. The molecule has 0 aromatic heterocycles. The highest BCUT2D eigenvalue weighted by Crippen LogP contribution is 2.29. The predicted molar refractivity (Wildman–Crippen MR) is 134 cm³/mol. The molecule has 0 unspecified atom stereocenters. The molecule has 3 aromatic carbocycles. The van der Waals surface area contributed by atoms with Crippen molar-refractivity contribution in [2.75, 3.05) is 33.5 Å². The topological polar surface area (TPSA) is 104 Å². The summed E-state index contributed by atoms with van der Waals surface area (Å²) in [6.07, 6.45) is 0. The second kappa shape index (κ2) is 13.5. The lowest BCUT2D eigenvalue weighted by molar-refractivity contribution is 0.0846. The third-order valence-corrected chi connectivity index (χ3v) is 4.87. The van der Waals surface area contributed by atoms with Crippen LogP contribution in [0, 0.1) is 0 Å². The minimum absolute atomic E-state index is 0.288. The number of benzene rings is 3. The number of nitrogens with one attached hydrogen (secondary N) is 2. The second-order valence-corrected chi connectivity index (χ2v) is 7.31. The quantitative estimate of drug-likeness (QED) is 0.289. The summed E-state index contributed by atoms with van der Waals surface area (Å²) < 4.78 is 27.8. The number of carbonyl (C=O) groups excluding carboxylic acids is 2. The van der Waals surface area contributed by atoms with Gasteiger partial charge in [0.25, 0.3) is 11.8 Å². The van der Waals surface area contributed by atoms with Gasteiger partial charge in [-0.2, -0.15) is 0 Å². The molecule has 3 rings (SSSR count). The largest absolute Gasteiger partial charge is 0.493 e. The maximum absolute atomic E-state index is 12.6. The molecular weight excluding hydrogens is 464 g/mol. The lowest BCUT2D eigenvalue weighted by Crippen LogP contribution is -2.41. The number of methoxy groups -OCH3 is 1. The summed E-state index contributed by atoms with van der Waals surface area (Å²) in [5, 5.41) is 0. The molecule has 36 heavy (non-hydrogen) atoms. The summed E-state index contributed by atoms with van der Waals surface area (Å²) >= 11 is 0. The van der Waals surface area contributed by atoms with E-state index in [0.29, 0.717) is 55.0 Å². The first-order chi connectivity index (χ1) is 17.5. The van der Waals surface area contributed by atoms with Crippen LogP contribution in [0.2, 0.25) is 0 Å². The van der Waals surface area contributed by atoms with Crippen LogP contribution in [0.3, 0.4) is 0 Å². The predicted octanol–water partition coefficient (Wildman–Crippen LogP) is 4.03. The Bertz CT molecular complexity index is 1150. The van der Waals surface area contributed by atoms with Gasteiger partial charge in [0.2, 0.25) is 0 Å². The molecule has 0 heterocycles. The van der Waals surface area contributed by atoms with E-state index in [4.69, 9.17) is 23.7 Å². The number of hydrogen-bond acceptors (Lipinski definition) is 7. The van der Waals surface area contributed by atoms with E-state index in [1.165, 1.54) is 13.2 Å². The molecular formula is C27H30N2O7. The highest BCUT2D eigenvalue weighted by Gasteiger charge is 2.15. The van der Waals surface area contributed by atoms with Crippen molar-refractivity contribution >= 4 is 11.8 Å². The van der Waals surface area contributed by atoms with Gasteiger partial charge in [-0.1, -0.05) is 18.2 Å². The number of amides is 2. The van der Waals surface area contributed by atoms with E-state index in [-0.39, 0.29) is 5.56 Å². The van der Waals surface area contributed by atoms with E-state index in [2.05, 4.69) is 10.9 Å². The van der Waals surface area contributed by atoms with E-state index in [9.17, 15) is 9.59 Å². The average molecular weight is 495 g/mol. The van der Waals surface area contributed by atoms with Gasteiger partial charge in [0.05, 0.1) is 20.3 Å². The second-order valence-electron chi connectivity index (χ2n) is 7.31. The Balaban J connectivity index is 1.57. The van der Waals surface area contributed by atoms with Crippen molar-refractivity contribution in [2.45, 2.75) is 13.8 Å². The maximum Gasteiger partial charge on any atom is 0.269 e. The fourth-order valence-electron chi connectivity index (χ4n) is 3.21. The third-order valence-electron chi connectivity index (χ3n) is 4.87. The smallest absolute Gasteiger partial charge is 0.269 e. The first kappa shape index (κ1) is 26.2. The Kier molecular flexibility index (Phi) is 9.81. The number of hydrazine groups is 1. The Labute approximate surface area is 210 Å². The highest BCUT2D eigenvalue weighted by atomic mass is 16.5. The monoisotopic (exact) mass is 494 g/mol. The fourth-order valence-corrected chi connectivity index (χ4v) is 3.21. The van der Waals surface area contributed by atoms with Gasteiger partial charge in [0.1, 0.15) is 19.0 Å². The van der Waals surface area contributed by atoms with E-state index >= 15 is 0 Å². The number of ether oxygens (including phenoxy) is 5. The van der Waals surface area contributed by atoms with Gasteiger partial charge >= 0.3 is 0 Å². The van der Waals surface area contributed by atoms with Crippen molar-refractivity contribution in [3.8, 4) is 28.7 Å². The Morgan fingerprint density at radius 1 is 0.639 bits per heavy atom. The molecule has 2 amide bonds. The van der Waals surface area contributed by atoms with Crippen LogP contribution in [0.4, 0.5) is 0 Å². The van der Waals surface area contributed by atoms with E-state index in [1.54, 1.807) is 30.3 Å². The van der Waals surface area contributed by atoms with Gasteiger partial charge in [-0.05, 0) is 62.4 Å². The molecule has 3 aromatic rings. The molecule has 0 fully saturated rings. The lowest BCUT2D eigenvalue weighted by Gasteiger charge is -2.14. The standard InChI is InChI=1S/C27H30N2O7/c1-4-33-22-13-11-19(17-24(22)32-3)26(30)28-29-27(31)20-12-14-23(25(18-20)34-5-2)36-16-15-35-21-9-7-6-8-10-21/h6-14,17-18H,4-5,15-16H2,1-3H3,(H,28,30)(H,29,31). The molecule has 0 saturated carbocycles. The van der Waals surface area contributed by atoms with Crippen molar-refractivity contribution in [3.63, 3.8) is 0 Å². The summed E-state index contributed by atoms with van der Waals surface area (Å²) in [5.74, 6) is 1.57. The number of hydrogen-bond donors (Lipinski definition) is 2. The van der Waals surface area contributed by atoms with Crippen molar-refractivity contribution < 1.29 is 33.3 Å². The van der Waals surface area contributed by atoms with Crippen LogP contribution < -0.4 is 34.5 Å². The van der Waals surface area contributed by atoms with Crippen LogP contribution >= 0.6 is 0 Å². The summed E-state index contributed by atoms with van der Waals surface area (Å²) in [5.41, 5.74) is 5.39. The summed E-state index contributed by atoms with van der Waals surface area (Å²) in [6.45, 7) is 5.18. The zero-order valence-corrected chi connectivity index (χ0v) is 20.5. The number of para-hydroxylation sites is 1. The number of rotatable bonds is 12. The Morgan fingerprint density at radius 3 is 1.75 bits per heavy atom. The highest BCUT2D eigenvalue weighted by molar-refractivity contribution is 5.99. The Hall–Kier alpha value is -4.40. The van der Waals surface area contributed by atoms with Crippen molar-refractivity contribution in [1.82, 2.24) is 10.9 Å². The molecule has 190 valence electrons. The summed E-state index contributed by atoms with van der Waals surface area (Å²) in [7, 11) is 1.49. The van der Waals surface area contributed by atoms with E-state index < -0.39 is 11.8 Å². The van der Waals surface area contributed by atoms with Crippen LogP contribution in [0.15, 0.2) is 66.7 Å². The minimum atomic E-state index is -0.513. The van der Waals surface area contributed by atoms with Gasteiger partial charge in [-0.25, -0.2) is 0 Å². The zero-order chi connectivity index (χ0) is 25.8. The van der Waals surface area contributed by atoms with Gasteiger partial charge in [-0.15, -0.1) is 0 Å². The minimum Gasteiger partial charge on any atom is -0.493 e. The van der Waals surface area contributed by atoms with Gasteiger partial charge in [0, 0.05) is 11.1 Å². The molecule has 9 heteroatoms. The van der Waals surface area contributed by atoms with Gasteiger partial charge in [-0.3, -0.25) is 20.4 Å². The molecule has 0 aliphatic heterocycles.